The number of anilines is 1. The normalized spacial score (nSPS) is 20.5. The number of hydrogen-bond acceptors (Lipinski definition) is 5. The van der Waals surface area contributed by atoms with Crippen molar-refractivity contribution in [1.82, 2.24) is 19.8 Å². The Morgan fingerprint density at radius 3 is 2.67 bits per heavy atom. The molecule has 6 nitrogen and oxygen atoms in total. The number of halogens is 1. The van der Waals surface area contributed by atoms with E-state index in [1.807, 2.05) is 19.2 Å². The minimum atomic E-state index is -0.276. The fraction of sp³-hybridized carbons (Fsp3) is 0.517. The summed E-state index contributed by atoms with van der Waals surface area (Å²) in [6, 6.07) is 8.38. The van der Waals surface area contributed by atoms with E-state index < -0.39 is 0 Å². The lowest BCUT2D eigenvalue weighted by atomic mass is 10.0. The van der Waals surface area contributed by atoms with Gasteiger partial charge in [-0.3, -0.25) is 14.7 Å². The zero-order valence-electron chi connectivity index (χ0n) is 21.2. The lowest BCUT2D eigenvalue weighted by Crippen LogP contribution is -2.45. The molecule has 36 heavy (non-hydrogen) atoms. The van der Waals surface area contributed by atoms with Crippen LogP contribution in [0.2, 0.25) is 0 Å². The van der Waals surface area contributed by atoms with Crippen LogP contribution in [-0.4, -0.2) is 46.7 Å². The Balaban J connectivity index is 1.39. The topological polar surface area (TPSA) is 53.4 Å². The van der Waals surface area contributed by atoms with Gasteiger partial charge in [0.2, 0.25) is 0 Å². The highest BCUT2D eigenvalue weighted by molar-refractivity contribution is 5.84. The van der Waals surface area contributed by atoms with E-state index in [0.717, 1.165) is 88.0 Å². The molecule has 7 heteroatoms. The lowest BCUT2D eigenvalue weighted by molar-refractivity contribution is 0.149. The number of piperidine rings is 1. The summed E-state index contributed by atoms with van der Waals surface area (Å²) in [5.41, 5.74) is 4.46. The summed E-state index contributed by atoms with van der Waals surface area (Å²) >= 11 is 0. The second kappa shape index (κ2) is 9.94. The third-order valence-corrected chi connectivity index (χ3v) is 8.07. The maximum Gasteiger partial charge on any atom is 0.193 e. The predicted molar refractivity (Wildman–Crippen MR) is 142 cm³/mol. The monoisotopic (exact) mass is 489 g/mol. The van der Waals surface area contributed by atoms with Crippen molar-refractivity contribution in [3.63, 3.8) is 0 Å². The Morgan fingerprint density at radius 1 is 1.11 bits per heavy atom. The molecular formula is C29H36FN5O. The Morgan fingerprint density at radius 2 is 1.94 bits per heavy atom. The standard InChI is InChI=1S/C29H36FN5O/c1-20-13-21(8-10-32-20)17-34(24-5-4-9-31-16-24)18-22-19-35(23-6-7-23)27-15-28(33-11-2-3-12-33)26(30)14-25(27)29(22)36/h8,10,13-15,19,23-24,31H,2-7,9,11-12,16-18H2,1H3. The third-order valence-electron chi connectivity index (χ3n) is 8.07. The van der Waals surface area contributed by atoms with Crippen molar-refractivity contribution >= 4 is 16.6 Å². The highest BCUT2D eigenvalue weighted by Crippen LogP contribution is 2.38. The molecule has 6 rings (SSSR count). The average Bonchev–Trinajstić information content (AvgIpc) is 3.59. The summed E-state index contributed by atoms with van der Waals surface area (Å²) in [7, 11) is 0. The number of fused-ring (bicyclic) bond motifs is 1. The van der Waals surface area contributed by atoms with Gasteiger partial charge in [-0.15, -0.1) is 0 Å². The SMILES string of the molecule is Cc1cc(CN(Cc2cn(C3CC3)c3cc(N4CCCC4)c(F)cc3c2=O)C2CCCNC2)ccn1. The number of pyridine rings is 2. The number of rotatable bonds is 7. The Bertz CT molecular complexity index is 1300. The molecule has 2 saturated heterocycles. The van der Waals surface area contributed by atoms with E-state index in [2.05, 4.69) is 43.0 Å². The van der Waals surface area contributed by atoms with Gasteiger partial charge in [-0.2, -0.15) is 0 Å². The molecule has 3 aliphatic rings. The van der Waals surface area contributed by atoms with Gasteiger partial charge in [-0.1, -0.05) is 0 Å². The van der Waals surface area contributed by atoms with E-state index in [4.69, 9.17) is 0 Å². The Hall–Kier alpha value is -2.77. The molecule has 1 unspecified atom stereocenters. The van der Waals surface area contributed by atoms with Crippen molar-refractivity contribution in [3.8, 4) is 0 Å². The average molecular weight is 490 g/mol. The number of benzene rings is 1. The molecule has 2 aromatic heterocycles. The Labute approximate surface area is 212 Å². The molecule has 2 aliphatic heterocycles. The van der Waals surface area contributed by atoms with E-state index in [1.165, 1.54) is 11.6 Å². The third kappa shape index (κ3) is 4.78. The van der Waals surface area contributed by atoms with Crippen LogP contribution in [0.5, 0.6) is 0 Å². The van der Waals surface area contributed by atoms with Crippen LogP contribution in [0.25, 0.3) is 10.9 Å². The molecule has 3 fully saturated rings. The number of hydrogen-bond donors (Lipinski definition) is 1. The van der Waals surface area contributed by atoms with Crippen LogP contribution in [0.1, 0.15) is 61.4 Å². The molecule has 190 valence electrons. The molecule has 1 aliphatic carbocycles. The quantitative estimate of drug-likeness (QED) is 0.528. The van der Waals surface area contributed by atoms with Gasteiger partial charge < -0.3 is 14.8 Å². The zero-order chi connectivity index (χ0) is 24.6. The van der Waals surface area contributed by atoms with Crippen molar-refractivity contribution in [2.75, 3.05) is 31.1 Å². The van der Waals surface area contributed by atoms with Crippen molar-refractivity contribution in [1.29, 1.82) is 0 Å². The first-order chi connectivity index (χ1) is 17.6. The molecular weight excluding hydrogens is 453 g/mol. The number of nitrogens with one attached hydrogen (secondary N) is 1. The second-order valence-corrected chi connectivity index (χ2v) is 10.8. The van der Waals surface area contributed by atoms with Gasteiger partial charge in [0, 0.05) is 73.8 Å². The van der Waals surface area contributed by atoms with Gasteiger partial charge >= 0.3 is 0 Å². The number of aryl methyl sites for hydroxylation is 1. The summed E-state index contributed by atoms with van der Waals surface area (Å²) in [5, 5.41) is 4.05. The van der Waals surface area contributed by atoms with Gasteiger partial charge in [0.25, 0.3) is 0 Å². The van der Waals surface area contributed by atoms with Crippen LogP contribution in [-0.2, 0) is 13.1 Å². The number of nitrogens with zero attached hydrogens (tertiary/aromatic N) is 4. The first kappa shape index (κ1) is 23.6. The van der Waals surface area contributed by atoms with Crippen LogP contribution < -0.4 is 15.6 Å². The van der Waals surface area contributed by atoms with Crippen LogP contribution in [0.15, 0.2) is 41.5 Å². The number of aromatic nitrogens is 2. The van der Waals surface area contributed by atoms with Crippen molar-refractivity contribution in [2.45, 2.75) is 70.6 Å². The molecule has 4 heterocycles. The van der Waals surface area contributed by atoms with Gasteiger partial charge in [0.05, 0.1) is 11.2 Å². The minimum absolute atomic E-state index is 0.0338. The molecule has 1 aromatic carbocycles. The van der Waals surface area contributed by atoms with Crippen LogP contribution >= 0.6 is 0 Å². The van der Waals surface area contributed by atoms with E-state index in [0.29, 0.717) is 29.7 Å². The summed E-state index contributed by atoms with van der Waals surface area (Å²) in [6.07, 6.45) is 10.6. The zero-order valence-corrected chi connectivity index (χ0v) is 21.2. The summed E-state index contributed by atoms with van der Waals surface area (Å²) in [4.78, 5) is 22.7. The van der Waals surface area contributed by atoms with Gasteiger partial charge in [-0.05, 0) is 81.8 Å². The first-order valence-electron chi connectivity index (χ1n) is 13.6. The fourth-order valence-corrected chi connectivity index (χ4v) is 6.00. The maximum atomic E-state index is 15.3. The van der Waals surface area contributed by atoms with E-state index in [1.54, 1.807) is 0 Å². The van der Waals surface area contributed by atoms with Gasteiger partial charge in [0.1, 0.15) is 5.82 Å². The first-order valence-corrected chi connectivity index (χ1v) is 13.6. The predicted octanol–water partition coefficient (Wildman–Crippen LogP) is 4.53. The molecule has 1 N–H and O–H groups in total. The molecule has 0 amide bonds. The van der Waals surface area contributed by atoms with E-state index >= 15 is 4.39 Å². The van der Waals surface area contributed by atoms with E-state index in [9.17, 15) is 4.79 Å². The van der Waals surface area contributed by atoms with Crippen molar-refractivity contribution in [3.05, 3.63) is 69.5 Å². The summed E-state index contributed by atoms with van der Waals surface area (Å²) < 4.78 is 17.6. The van der Waals surface area contributed by atoms with Gasteiger partial charge in [0.15, 0.2) is 5.43 Å². The molecule has 1 saturated carbocycles. The van der Waals surface area contributed by atoms with Crippen molar-refractivity contribution < 1.29 is 4.39 Å². The van der Waals surface area contributed by atoms with Gasteiger partial charge in [-0.25, -0.2) is 4.39 Å². The highest BCUT2D eigenvalue weighted by Gasteiger charge is 2.29. The summed E-state index contributed by atoms with van der Waals surface area (Å²) in [5.74, 6) is -0.276. The van der Waals surface area contributed by atoms with Crippen molar-refractivity contribution in [2.24, 2.45) is 0 Å². The fourth-order valence-electron chi connectivity index (χ4n) is 6.00. The van der Waals surface area contributed by atoms with Crippen LogP contribution in [0.3, 0.4) is 0 Å². The minimum Gasteiger partial charge on any atom is -0.369 e. The molecule has 1 atom stereocenters. The molecule has 3 aromatic rings. The maximum absolute atomic E-state index is 15.3. The molecule has 0 bridgehead atoms. The smallest absolute Gasteiger partial charge is 0.193 e. The Kier molecular flexibility index (Phi) is 6.52. The van der Waals surface area contributed by atoms with Crippen LogP contribution in [0.4, 0.5) is 10.1 Å². The van der Waals surface area contributed by atoms with E-state index in [-0.39, 0.29) is 11.2 Å². The molecule has 0 spiro atoms. The lowest BCUT2D eigenvalue weighted by Gasteiger charge is -2.35. The highest BCUT2D eigenvalue weighted by atomic mass is 19.1. The molecule has 0 radical (unpaired) electrons. The largest absolute Gasteiger partial charge is 0.369 e. The second-order valence-electron chi connectivity index (χ2n) is 10.8. The van der Waals surface area contributed by atoms with Crippen LogP contribution in [0, 0.1) is 12.7 Å². The summed E-state index contributed by atoms with van der Waals surface area (Å²) in [6.45, 7) is 7.06.